The molecule has 0 bridgehead atoms. The molecule has 0 aliphatic carbocycles. The van der Waals surface area contributed by atoms with Crippen molar-refractivity contribution in [2.45, 2.75) is 6.54 Å². The second-order valence-corrected chi connectivity index (χ2v) is 5.01. The first-order valence-electron chi connectivity index (χ1n) is 4.94. The van der Waals surface area contributed by atoms with Crippen molar-refractivity contribution in [3.05, 3.63) is 45.4 Å². The fourth-order valence-electron chi connectivity index (χ4n) is 1.41. The molecule has 1 heterocycles. The average Bonchev–Trinajstić information content (AvgIpc) is 2.84. The van der Waals surface area contributed by atoms with Gasteiger partial charge in [0.15, 0.2) is 5.69 Å². The summed E-state index contributed by atoms with van der Waals surface area (Å²) >= 11 is 4.64. The standard InChI is InChI=1S/C11H10BrN3OS/c1-15(11(16)10-7-17-14-13-10)6-8-4-2-3-5-9(8)12/h2-5,7H,6H2,1H3. The van der Waals surface area contributed by atoms with Gasteiger partial charge in [0.05, 0.1) is 0 Å². The lowest BCUT2D eigenvalue weighted by Crippen LogP contribution is -2.26. The first-order chi connectivity index (χ1) is 8.18. The lowest BCUT2D eigenvalue weighted by Gasteiger charge is -2.16. The van der Waals surface area contributed by atoms with E-state index in [1.807, 2.05) is 24.3 Å². The molecule has 1 aromatic carbocycles. The van der Waals surface area contributed by atoms with Crippen LogP contribution in [0.5, 0.6) is 0 Å². The number of hydrogen-bond donors (Lipinski definition) is 0. The largest absolute Gasteiger partial charge is 0.336 e. The number of amides is 1. The SMILES string of the molecule is CN(Cc1ccccc1Br)C(=O)c1csnn1. The zero-order valence-electron chi connectivity index (χ0n) is 9.13. The molecule has 2 aromatic rings. The Morgan fingerprint density at radius 1 is 1.47 bits per heavy atom. The summed E-state index contributed by atoms with van der Waals surface area (Å²) in [5.41, 5.74) is 1.45. The predicted molar refractivity (Wildman–Crippen MR) is 69.8 cm³/mol. The minimum atomic E-state index is -0.116. The highest BCUT2D eigenvalue weighted by Gasteiger charge is 2.15. The number of halogens is 1. The van der Waals surface area contributed by atoms with Crippen LogP contribution in [0.15, 0.2) is 34.1 Å². The maximum absolute atomic E-state index is 11.9. The summed E-state index contributed by atoms with van der Waals surface area (Å²) in [6, 6.07) is 7.83. The van der Waals surface area contributed by atoms with E-state index in [4.69, 9.17) is 0 Å². The average molecular weight is 312 g/mol. The summed E-state index contributed by atoms with van der Waals surface area (Å²) in [5, 5.41) is 5.42. The molecule has 0 fully saturated rings. The van der Waals surface area contributed by atoms with E-state index in [2.05, 4.69) is 25.5 Å². The summed E-state index contributed by atoms with van der Waals surface area (Å²) in [7, 11) is 1.75. The van der Waals surface area contributed by atoms with Gasteiger partial charge in [-0.15, -0.1) is 5.10 Å². The van der Waals surface area contributed by atoms with E-state index in [1.54, 1.807) is 17.3 Å². The van der Waals surface area contributed by atoms with E-state index in [1.165, 1.54) is 11.5 Å². The van der Waals surface area contributed by atoms with Crippen molar-refractivity contribution in [2.75, 3.05) is 7.05 Å². The lowest BCUT2D eigenvalue weighted by molar-refractivity contribution is 0.0779. The molecular formula is C11H10BrN3OS. The highest BCUT2D eigenvalue weighted by atomic mass is 79.9. The number of hydrogen-bond acceptors (Lipinski definition) is 4. The summed E-state index contributed by atoms with van der Waals surface area (Å²) in [6.45, 7) is 0.539. The molecule has 0 spiro atoms. The van der Waals surface area contributed by atoms with Crippen molar-refractivity contribution < 1.29 is 4.79 Å². The van der Waals surface area contributed by atoms with Crippen molar-refractivity contribution in [1.82, 2.24) is 14.5 Å². The zero-order valence-corrected chi connectivity index (χ0v) is 11.5. The van der Waals surface area contributed by atoms with E-state index in [0.717, 1.165) is 10.0 Å². The van der Waals surface area contributed by atoms with Gasteiger partial charge in [-0.25, -0.2) is 0 Å². The second-order valence-electron chi connectivity index (χ2n) is 3.54. The minimum Gasteiger partial charge on any atom is -0.336 e. The Balaban J connectivity index is 2.10. The van der Waals surface area contributed by atoms with Crippen LogP contribution in [0, 0.1) is 0 Å². The minimum absolute atomic E-state index is 0.116. The monoisotopic (exact) mass is 311 g/mol. The van der Waals surface area contributed by atoms with Crippen LogP contribution in [-0.4, -0.2) is 27.4 Å². The molecule has 0 unspecified atom stereocenters. The molecule has 0 aliphatic rings. The van der Waals surface area contributed by atoms with Crippen LogP contribution in [0.4, 0.5) is 0 Å². The van der Waals surface area contributed by atoms with Gasteiger partial charge in [0.2, 0.25) is 0 Å². The lowest BCUT2D eigenvalue weighted by atomic mass is 10.2. The Labute approximate surface area is 112 Å². The molecule has 0 radical (unpaired) electrons. The van der Waals surface area contributed by atoms with Crippen molar-refractivity contribution >= 4 is 33.4 Å². The third-order valence-electron chi connectivity index (χ3n) is 2.29. The van der Waals surface area contributed by atoms with Gasteiger partial charge in [-0.2, -0.15) is 0 Å². The molecular weight excluding hydrogens is 302 g/mol. The fourth-order valence-corrected chi connectivity index (χ4v) is 2.25. The smallest absolute Gasteiger partial charge is 0.275 e. The van der Waals surface area contributed by atoms with Crippen molar-refractivity contribution in [1.29, 1.82) is 0 Å². The number of carbonyl (C=O) groups is 1. The van der Waals surface area contributed by atoms with Crippen LogP contribution in [-0.2, 0) is 6.54 Å². The van der Waals surface area contributed by atoms with Crippen LogP contribution in [0.2, 0.25) is 0 Å². The first kappa shape index (κ1) is 12.2. The van der Waals surface area contributed by atoms with Crippen LogP contribution in [0.25, 0.3) is 0 Å². The van der Waals surface area contributed by atoms with Crippen LogP contribution < -0.4 is 0 Å². The predicted octanol–water partition coefficient (Wildman–Crippen LogP) is 2.57. The molecule has 0 N–H and O–H groups in total. The number of rotatable bonds is 3. The highest BCUT2D eigenvalue weighted by molar-refractivity contribution is 9.10. The molecule has 0 saturated heterocycles. The normalized spacial score (nSPS) is 10.2. The molecule has 0 aliphatic heterocycles. The quantitative estimate of drug-likeness (QED) is 0.875. The Bertz CT molecular complexity index is 515. The van der Waals surface area contributed by atoms with Gasteiger partial charge in [0, 0.05) is 23.4 Å². The molecule has 17 heavy (non-hydrogen) atoms. The Kier molecular flexibility index (Phi) is 3.86. The van der Waals surface area contributed by atoms with E-state index < -0.39 is 0 Å². The molecule has 1 aromatic heterocycles. The summed E-state index contributed by atoms with van der Waals surface area (Å²) < 4.78 is 4.68. The molecule has 0 saturated carbocycles. The van der Waals surface area contributed by atoms with Gasteiger partial charge in [0.1, 0.15) is 0 Å². The van der Waals surface area contributed by atoms with Gasteiger partial charge in [0.25, 0.3) is 5.91 Å². The molecule has 4 nitrogen and oxygen atoms in total. The maximum Gasteiger partial charge on any atom is 0.275 e. The highest BCUT2D eigenvalue weighted by Crippen LogP contribution is 2.18. The third kappa shape index (κ3) is 2.89. The topological polar surface area (TPSA) is 46.1 Å². The third-order valence-corrected chi connectivity index (χ3v) is 3.57. The van der Waals surface area contributed by atoms with E-state index in [0.29, 0.717) is 12.2 Å². The molecule has 88 valence electrons. The Morgan fingerprint density at radius 2 is 2.24 bits per heavy atom. The molecule has 6 heteroatoms. The van der Waals surface area contributed by atoms with E-state index in [-0.39, 0.29) is 5.91 Å². The van der Waals surface area contributed by atoms with Crippen molar-refractivity contribution in [3.63, 3.8) is 0 Å². The molecule has 0 atom stereocenters. The molecule has 2 rings (SSSR count). The van der Waals surface area contributed by atoms with Crippen LogP contribution in [0.3, 0.4) is 0 Å². The number of benzene rings is 1. The summed E-state index contributed by atoms with van der Waals surface area (Å²) in [6.07, 6.45) is 0. The van der Waals surface area contributed by atoms with Gasteiger partial charge < -0.3 is 4.90 Å². The van der Waals surface area contributed by atoms with Crippen LogP contribution >= 0.6 is 27.5 Å². The number of nitrogens with zero attached hydrogens (tertiary/aromatic N) is 3. The van der Waals surface area contributed by atoms with Gasteiger partial charge in [-0.1, -0.05) is 38.6 Å². The van der Waals surface area contributed by atoms with Crippen molar-refractivity contribution in [3.8, 4) is 0 Å². The van der Waals surface area contributed by atoms with E-state index in [9.17, 15) is 4.79 Å². The van der Waals surface area contributed by atoms with Gasteiger partial charge in [-0.05, 0) is 23.2 Å². The van der Waals surface area contributed by atoms with Crippen molar-refractivity contribution in [2.24, 2.45) is 0 Å². The van der Waals surface area contributed by atoms with Gasteiger partial charge >= 0.3 is 0 Å². The fraction of sp³-hybridized carbons (Fsp3) is 0.182. The summed E-state index contributed by atoms with van der Waals surface area (Å²) in [5.74, 6) is -0.116. The number of aromatic nitrogens is 2. The maximum atomic E-state index is 11.9. The number of carbonyl (C=O) groups excluding carboxylic acids is 1. The van der Waals surface area contributed by atoms with E-state index >= 15 is 0 Å². The zero-order chi connectivity index (χ0) is 12.3. The van der Waals surface area contributed by atoms with Crippen LogP contribution in [0.1, 0.15) is 16.1 Å². The second kappa shape index (κ2) is 5.37. The van der Waals surface area contributed by atoms with Gasteiger partial charge in [-0.3, -0.25) is 4.79 Å². The first-order valence-corrected chi connectivity index (χ1v) is 6.57. The summed E-state index contributed by atoms with van der Waals surface area (Å²) in [4.78, 5) is 13.6. The molecule has 1 amide bonds. The Hall–Kier alpha value is -1.27. The Morgan fingerprint density at radius 3 is 2.88 bits per heavy atom.